The van der Waals surface area contributed by atoms with Gasteiger partial charge in [0.2, 0.25) is 0 Å². The molecule has 5 atom stereocenters. The van der Waals surface area contributed by atoms with Crippen LogP contribution in [0.3, 0.4) is 0 Å². The zero-order valence-corrected chi connectivity index (χ0v) is 35.6. The number of hydrogen-bond donors (Lipinski definition) is 1. The van der Waals surface area contributed by atoms with Gasteiger partial charge in [-0.3, -0.25) is 4.57 Å². The molecule has 15 nitrogen and oxygen atoms in total. The standard InChI is InChI=1S/C15H33O15P3.5Na/c1-2-3-4-5-6-7-8-27-33(23,24)28-10-9-25-15-13(16)14(30-32(20,21)22)12(11-26-15)29-31(17,18)19;;;;;/h12-16H,2-11H2,1H3,(H,23,24)(H2,17,18,19)(H2,20,21,22);;;;;/q;5*+1/p-5/t12-,13-,14+,15+;;;;;/m1...../s1. The van der Waals surface area contributed by atoms with Gasteiger partial charge in [0.1, 0.15) is 18.3 Å². The van der Waals surface area contributed by atoms with Gasteiger partial charge in [0.25, 0.3) is 7.82 Å². The molecule has 38 heavy (non-hydrogen) atoms. The monoisotopic (exact) mass is 656 g/mol. The first-order valence-corrected chi connectivity index (χ1v) is 14.5. The zero-order valence-electron chi connectivity index (χ0n) is 22.9. The Kier molecular flexibility index (Phi) is 37.9. The van der Waals surface area contributed by atoms with E-state index in [0.717, 1.165) is 32.1 Å². The van der Waals surface area contributed by atoms with Crippen LogP contribution in [-0.4, -0.2) is 56.1 Å². The second-order valence-corrected chi connectivity index (χ2v) is 10.7. The molecule has 0 spiro atoms. The number of rotatable bonds is 17. The average Bonchev–Trinajstić information content (AvgIpc) is 2.67. The van der Waals surface area contributed by atoms with E-state index in [1.807, 2.05) is 0 Å². The third-order valence-corrected chi connectivity index (χ3v) is 6.31. The number of ether oxygens (including phenoxy) is 2. The molecule has 1 rings (SSSR count). The van der Waals surface area contributed by atoms with E-state index in [4.69, 9.17) is 14.0 Å². The molecule has 0 radical (unpaired) electrons. The van der Waals surface area contributed by atoms with Gasteiger partial charge in [-0.15, -0.1) is 0 Å². The summed E-state index contributed by atoms with van der Waals surface area (Å²) < 4.78 is 60.8. The molecular formula is C15H28Na5O15P3. The van der Waals surface area contributed by atoms with Gasteiger partial charge in [-0.1, -0.05) is 39.0 Å². The summed E-state index contributed by atoms with van der Waals surface area (Å²) >= 11 is 0. The fraction of sp³-hybridized carbons (Fsp3) is 1.00. The van der Waals surface area contributed by atoms with Gasteiger partial charge >= 0.3 is 148 Å². The third kappa shape index (κ3) is 26.4. The minimum atomic E-state index is -5.74. The summed E-state index contributed by atoms with van der Waals surface area (Å²) in [6.45, 7) is 0.165. The van der Waals surface area contributed by atoms with Crippen molar-refractivity contribution in [2.45, 2.75) is 70.1 Å². The van der Waals surface area contributed by atoms with Crippen molar-refractivity contribution in [3.05, 3.63) is 0 Å². The Morgan fingerprint density at radius 1 is 0.763 bits per heavy atom. The number of aliphatic hydroxyl groups is 1. The van der Waals surface area contributed by atoms with Crippen LogP contribution in [-0.2, 0) is 41.3 Å². The average molecular weight is 656 g/mol. The number of phosphoric ester groups is 3. The van der Waals surface area contributed by atoms with Crippen molar-refractivity contribution >= 4 is 23.5 Å². The van der Waals surface area contributed by atoms with Crippen LogP contribution in [0, 0.1) is 0 Å². The Hall–Kier alpha value is 5.21. The maximum absolute atomic E-state index is 11.7. The van der Waals surface area contributed by atoms with E-state index in [9.17, 15) is 43.3 Å². The van der Waals surface area contributed by atoms with Crippen LogP contribution < -0.4 is 172 Å². The van der Waals surface area contributed by atoms with Crippen molar-refractivity contribution in [1.29, 1.82) is 0 Å². The molecule has 1 aliphatic rings. The second kappa shape index (κ2) is 27.3. The minimum Gasteiger partial charge on any atom is -0.790 e. The summed E-state index contributed by atoms with van der Waals surface area (Å²) in [6, 6.07) is 0. The maximum Gasteiger partial charge on any atom is 1.00 e. The largest absolute Gasteiger partial charge is 1.00 e. The van der Waals surface area contributed by atoms with Gasteiger partial charge in [0, 0.05) is 0 Å². The zero-order chi connectivity index (χ0) is 25.1. The Bertz CT molecular complexity index is 715. The fourth-order valence-electron chi connectivity index (χ4n) is 2.85. The van der Waals surface area contributed by atoms with Gasteiger partial charge in [0.05, 0.1) is 42.1 Å². The summed E-state index contributed by atoms with van der Waals surface area (Å²) in [4.78, 5) is 55.0. The van der Waals surface area contributed by atoms with Crippen LogP contribution in [0.4, 0.5) is 0 Å². The van der Waals surface area contributed by atoms with Crippen molar-refractivity contribution in [3.63, 3.8) is 0 Å². The van der Waals surface area contributed by atoms with Crippen molar-refractivity contribution in [3.8, 4) is 0 Å². The summed E-state index contributed by atoms with van der Waals surface area (Å²) in [5.41, 5.74) is 0. The van der Waals surface area contributed by atoms with E-state index in [1.54, 1.807) is 0 Å². The van der Waals surface area contributed by atoms with Crippen LogP contribution in [0.1, 0.15) is 45.4 Å². The summed E-state index contributed by atoms with van der Waals surface area (Å²) in [6.07, 6.45) is -2.28. The van der Waals surface area contributed by atoms with Gasteiger partial charge in [-0.2, -0.15) is 0 Å². The number of hydrogen-bond acceptors (Lipinski definition) is 15. The van der Waals surface area contributed by atoms with E-state index < -0.39 is 67.9 Å². The molecule has 1 heterocycles. The minimum absolute atomic E-state index is 0. The second-order valence-electron chi connectivity index (χ2n) is 7.05. The third-order valence-electron chi connectivity index (χ3n) is 4.28. The van der Waals surface area contributed by atoms with E-state index in [1.165, 1.54) is 0 Å². The van der Waals surface area contributed by atoms with Gasteiger partial charge in [0.15, 0.2) is 6.29 Å². The molecule has 0 bridgehead atoms. The van der Waals surface area contributed by atoms with Crippen LogP contribution >= 0.6 is 23.5 Å². The molecule has 1 fully saturated rings. The Morgan fingerprint density at radius 2 is 1.26 bits per heavy atom. The smallest absolute Gasteiger partial charge is 0.790 e. The molecule has 0 saturated carbocycles. The van der Waals surface area contributed by atoms with Crippen molar-refractivity contribution in [2.24, 2.45) is 0 Å². The first kappa shape index (κ1) is 52.7. The molecule has 0 aromatic rings. The van der Waals surface area contributed by atoms with Gasteiger partial charge in [-0.25, -0.2) is 0 Å². The van der Waals surface area contributed by atoms with Gasteiger partial charge < -0.3 is 66.3 Å². The van der Waals surface area contributed by atoms with Crippen LogP contribution in [0.15, 0.2) is 0 Å². The van der Waals surface area contributed by atoms with E-state index in [0.29, 0.717) is 6.42 Å². The summed E-state index contributed by atoms with van der Waals surface area (Å²) in [7, 11) is -16.0. The molecule has 0 aliphatic carbocycles. The molecule has 0 aromatic heterocycles. The Morgan fingerprint density at radius 3 is 1.79 bits per heavy atom. The molecular weight excluding hydrogens is 628 g/mol. The maximum atomic E-state index is 11.7. The molecule has 23 heteroatoms. The number of unbranched alkanes of at least 4 members (excludes halogenated alkanes) is 5. The van der Waals surface area contributed by atoms with E-state index >= 15 is 0 Å². The van der Waals surface area contributed by atoms with E-state index in [-0.39, 0.29) is 154 Å². The molecule has 1 unspecified atom stereocenters. The predicted octanol–water partition coefficient (Wildman–Crippen LogP) is -17.0. The number of aliphatic hydroxyl groups excluding tert-OH is 1. The Labute approximate surface area is 333 Å². The van der Waals surface area contributed by atoms with Crippen LogP contribution in [0.25, 0.3) is 0 Å². The topological polar surface area (TPSA) is 242 Å². The van der Waals surface area contributed by atoms with Crippen molar-refractivity contribution in [1.82, 2.24) is 0 Å². The van der Waals surface area contributed by atoms with Crippen molar-refractivity contribution < 1.29 is 219 Å². The van der Waals surface area contributed by atoms with Crippen molar-refractivity contribution in [2.75, 3.05) is 26.4 Å². The summed E-state index contributed by atoms with van der Waals surface area (Å²) in [5, 5.41) is 10.1. The normalized spacial score (nSPS) is 22.8. The number of phosphoric acid groups is 3. The SMILES string of the molecule is CCCCCCCCOP(=O)([O-])OCCO[C@H]1OC[C@@H](OP(=O)([O-])[O-])[C@H](OP(=O)([O-])[O-])[C@H]1O.[Na+].[Na+].[Na+].[Na+].[Na+]. The molecule has 1 saturated heterocycles. The fourth-order valence-corrected chi connectivity index (χ4v) is 4.65. The molecule has 1 N–H and O–H groups in total. The quantitative estimate of drug-likeness (QED) is 0.0868. The predicted molar refractivity (Wildman–Crippen MR) is 99.5 cm³/mol. The molecule has 198 valence electrons. The molecule has 0 aromatic carbocycles. The van der Waals surface area contributed by atoms with Crippen LogP contribution in [0.2, 0.25) is 0 Å². The van der Waals surface area contributed by atoms with E-state index in [2.05, 4.69) is 20.5 Å². The van der Waals surface area contributed by atoms with Crippen LogP contribution in [0.5, 0.6) is 0 Å². The summed E-state index contributed by atoms with van der Waals surface area (Å²) in [5.74, 6) is 0. The van der Waals surface area contributed by atoms with Gasteiger partial charge in [-0.05, 0) is 6.42 Å². The molecule has 1 aliphatic heterocycles. The first-order chi connectivity index (χ1) is 15.2. The molecule has 0 amide bonds. The Balaban J connectivity index is -0.000000726. The first-order valence-electron chi connectivity index (χ1n) is 10.2.